The third kappa shape index (κ3) is 4.67. The molecule has 3 aromatic heterocycles. The molecule has 0 radical (unpaired) electrons. The maximum atomic E-state index is 12.7. The van der Waals surface area contributed by atoms with Crippen LogP contribution in [0.1, 0.15) is 41.0 Å². The van der Waals surface area contributed by atoms with Gasteiger partial charge in [-0.1, -0.05) is 35.6 Å². The number of aryl methyl sites for hydroxylation is 1. The molecule has 1 atom stereocenters. The van der Waals surface area contributed by atoms with Gasteiger partial charge in [-0.25, -0.2) is 9.67 Å². The first kappa shape index (κ1) is 23.2. The summed E-state index contributed by atoms with van der Waals surface area (Å²) in [5, 5.41) is 25.6. The van der Waals surface area contributed by atoms with Crippen LogP contribution in [0.5, 0.6) is 0 Å². The molecule has 0 saturated heterocycles. The monoisotopic (exact) mass is 486 g/mol. The summed E-state index contributed by atoms with van der Waals surface area (Å²) in [5.41, 5.74) is 1.62. The van der Waals surface area contributed by atoms with E-state index in [1.165, 1.54) is 0 Å². The molecule has 0 spiro atoms. The smallest absolute Gasteiger partial charge is 0.310 e. The first-order chi connectivity index (χ1) is 17.4. The Morgan fingerprint density at radius 2 is 2.03 bits per heavy atom. The van der Waals surface area contributed by atoms with Gasteiger partial charge in [0.2, 0.25) is 0 Å². The van der Waals surface area contributed by atoms with Gasteiger partial charge in [-0.3, -0.25) is 18.8 Å². The van der Waals surface area contributed by atoms with Crippen LogP contribution in [0.4, 0.5) is 0 Å². The standard InChI is InChI=1S/C25H26N8O3/c1-31-12-9-22(29-31)32-16-20(27-17-32)23(34)26-14-18-7-3-4-8-21(18)33-15-19(28-30-33)13-25(24(35)36)10-5-2-6-11-25/h2-5,7-9,12,15-17H,6,10-11,13-14H2,1H3,(H,26,34)(H,35,36). The molecule has 11 heteroatoms. The molecule has 5 rings (SSSR count). The van der Waals surface area contributed by atoms with Gasteiger partial charge in [0, 0.05) is 38.5 Å². The average molecular weight is 487 g/mol. The summed E-state index contributed by atoms with van der Waals surface area (Å²) in [4.78, 5) is 28.9. The summed E-state index contributed by atoms with van der Waals surface area (Å²) in [6.07, 6.45) is 12.8. The minimum absolute atomic E-state index is 0.254. The van der Waals surface area contributed by atoms with E-state index in [1.807, 2.05) is 55.7 Å². The Bertz CT molecular complexity index is 1430. The molecule has 1 aromatic carbocycles. The normalized spacial score (nSPS) is 17.2. The summed E-state index contributed by atoms with van der Waals surface area (Å²) >= 11 is 0. The van der Waals surface area contributed by atoms with Gasteiger partial charge in [0.1, 0.15) is 12.0 Å². The predicted molar refractivity (Wildman–Crippen MR) is 130 cm³/mol. The highest BCUT2D eigenvalue weighted by atomic mass is 16.4. The van der Waals surface area contributed by atoms with E-state index in [4.69, 9.17) is 0 Å². The van der Waals surface area contributed by atoms with Gasteiger partial charge in [-0.05, 0) is 30.9 Å². The largest absolute Gasteiger partial charge is 0.481 e. The number of aliphatic carboxylic acids is 1. The minimum Gasteiger partial charge on any atom is -0.481 e. The topological polar surface area (TPSA) is 133 Å². The zero-order chi connectivity index (χ0) is 25.1. The summed E-state index contributed by atoms with van der Waals surface area (Å²) in [7, 11) is 1.82. The number of carbonyl (C=O) groups excluding carboxylic acids is 1. The van der Waals surface area contributed by atoms with Gasteiger partial charge in [-0.2, -0.15) is 5.10 Å². The van der Waals surface area contributed by atoms with Crippen molar-refractivity contribution in [3.05, 3.63) is 84.4 Å². The Morgan fingerprint density at radius 3 is 2.78 bits per heavy atom. The molecule has 1 aliphatic carbocycles. The molecule has 1 aliphatic rings. The van der Waals surface area contributed by atoms with Crippen LogP contribution in [0.3, 0.4) is 0 Å². The number of para-hydroxylation sites is 1. The van der Waals surface area contributed by atoms with Crippen molar-refractivity contribution in [3.63, 3.8) is 0 Å². The number of carbonyl (C=O) groups is 2. The molecule has 0 saturated carbocycles. The number of carboxylic acids is 1. The fourth-order valence-electron chi connectivity index (χ4n) is 4.42. The van der Waals surface area contributed by atoms with Crippen LogP contribution in [-0.2, 0) is 24.8 Å². The van der Waals surface area contributed by atoms with Crippen molar-refractivity contribution < 1.29 is 14.7 Å². The molecule has 184 valence electrons. The Morgan fingerprint density at radius 1 is 1.17 bits per heavy atom. The van der Waals surface area contributed by atoms with E-state index < -0.39 is 11.4 Å². The summed E-state index contributed by atoms with van der Waals surface area (Å²) in [5.74, 6) is -0.451. The lowest BCUT2D eigenvalue weighted by Gasteiger charge is -2.29. The molecule has 0 fully saturated rings. The number of rotatable bonds is 8. The Kier molecular flexibility index (Phi) is 6.19. The Labute approximate surface area is 207 Å². The fourth-order valence-corrected chi connectivity index (χ4v) is 4.42. The average Bonchev–Trinajstić information content (AvgIpc) is 3.64. The Hall–Kier alpha value is -4.54. The van der Waals surface area contributed by atoms with Crippen molar-refractivity contribution in [2.24, 2.45) is 12.5 Å². The molecule has 1 unspecified atom stereocenters. The maximum Gasteiger partial charge on any atom is 0.310 e. The van der Waals surface area contributed by atoms with E-state index in [2.05, 4.69) is 25.7 Å². The number of imidazole rings is 1. The van der Waals surface area contributed by atoms with E-state index in [-0.39, 0.29) is 18.1 Å². The second-order valence-electron chi connectivity index (χ2n) is 8.96. The number of carboxylic acid groups (broad SMARTS) is 1. The zero-order valence-corrected chi connectivity index (χ0v) is 19.8. The number of hydrogen-bond donors (Lipinski definition) is 2. The van der Waals surface area contributed by atoms with E-state index >= 15 is 0 Å². The summed E-state index contributed by atoms with van der Waals surface area (Å²) in [6, 6.07) is 9.36. The molecule has 0 bridgehead atoms. The van der Waals surface area contributed by atoms with Crippen LogP contribution in [0.15, 0.2) is 67.4 Å². The fraction of sp³-hybridized carbons (Fsp3) is 0.280. The summed E-state index contributed by atoms with van der Waals surface area (Å²) < 4.78 is 4.99. The van der Waals surface area contributed by atoms with E-state index in [9.17, 15) is 14.7 Å². The van der Waals surface area contributed by atoms with Crippen LogP contribution in [-0.4, -0.2) is 51.3 Å². The van der Waals surface area contributed by atoms with Gasteiger partial charge in [0.15, 0.2) is 5.82 Å². The van der Waals surface area contributed by atoms with Crippen molar-refractivity contribution in [2.75, 3.05) is 0 Å². The molecule has 4 aromatic rings. The predicted octanol–water partition coefficient (Wildman–Crippen LogP) is 2.47. The van der Waals surface area contributed by atoms with E-state index in [1.54, 1.807) is 32.7 Å². The number of benzene rings is 1. The maximum absolute atomic E-state index is 12.7. The molecule has 36 heavy (non-hydrogen) atoms. The third-order valence-corrected chi connectivity index (χ3v) is 6.44. The molecule has 1 amide bonds. The number of aromatic nitrogens is 7. The SMILES string of the molecule is Cn1ccc(-n2cnc(C(=O)NCc3ccccc3-n3cc(CC4(C(=O)O)CC=CCC4)nn3)c2)n1. The lowest BCUT2D eigenvalue weighted by atomic mass is 9.74. The van der Waals surface area contributed by atoms with Gasteiger partial charge in [0.25, 0.3) is 5.91 Å². The van der Waals surface area contributed by atoms with E-state index in [0.29, 0.717) is 30.8 Å². The molecule has 11 nitrogen and oxygen atoms in total. The van der Waals surface area contributed by atoms with Crippen LogP contribution >= 0.6 is 0 Å². The second kappa shape index (κ2) is 9.61. The van der Waals surface area contributed by atoms with Gasteiger partial charge < -0.3 is 10.4 Å². The summed E-state index contributed by atoms with van der Waals surface area (Å²) in [6.45, 7) is 0.254. The highest BCUT2D eigenvalue weighted by molar-refractivity contribution is 5.92. The minimum atomic E-state index is -0.859. The van der Waals surface area contributed by atoms with Gasteiger partial charge >= 0.3 is 5.97 Å². The second-order valence-corrected chi connectivity index (χ2v) is 8.96. The zero-order valence-electron chi connectivity index (χ0n) is 19.8. The highest BCUT2D eigenvalue weighted by Crippen LogP contribution is 2.36. The van der Waals surface area contributed by atoms with Crippen molar-refractivity contribution in [2.45, 2.75) is 32.2 Å². The quantitative estimate of drug-likeness (QED) is 0.366. The van der Waals surface area contributed by atoms with Gasteiger partial charge in [0.05, 0.1) is 23.0 Å². The van der Waals surface area contributed by atoms with Crippen molar-refractivity contribution in [1.82, 2.24) is 39.6 Å². The molecular weight excluding hydrogens is 460 g/mol. The number of amides is 1. The van der Waals surface area contributed by atoms with Crippen LogP contribution in [0, 0.1) is 5.41 Å². The number of hydrogen-bond acceptors (Lipinski definition) is 6. The molecule has 0 aliphatic heterocycles. The number of allylic oxidation sites excluding steroid dienone is 2. The molecule has 3 heterocycles. The lowest BCUT2D eigenvalue weighted by Crippen LogP contribution is -2.34. The van der Waals surface area contributed by atoms with Crippen molar-refractivity contribution in [1.29, 1.82) is 0 Å². The first-order valence-corrected chi connectivity index (χ1v) is 11.6. The lowest BCUT2D eigenvalue weighted by molar-refractivity contribution is -0.149. The van der Waals surface area contributed by atoms with Crippen molar-refractivity contribution >= 4 is 11.9 Å². The Balaban J connectivity index is 1.29. The van der Waals surface area contributed by atoms with E-state index in [0.717, 1.165) is 17.7 Å². The molecule has 2 N–H and O–H groups in total. The van der Waals surface area contributed by atoms with Crippen LogP contribution < -0.4 is 5.32 Å². The third-order valence-electron chi connectivity index (χ3n) is 6.44. The number of nitrogens with one attached hydrogen (secondary N) is 1. The first-order valence-electron chi connectivity index (χ1n) is 11.6. The molecular formula is C25H26N8O3. The van der Waals surface area contributed by atoms with Crippen LogP contribution in [0.2, 0.25) is 0 Å². The van der Waals surface area contributed by atoms with Crippen LogP contribution in [0.25, 0.3) is 11.5 Å². The van der Waals surface area contributed by atoms with Crippen molar-refractivity contribution in [3.8, 4) is 11.5 Å². The number of nitrogens with zero attached hydrogens (tertiary/aromatic N) is 7. The highest BCUT2D eigenvalue weighted by Gasteiger charge is 2.39. The van der Waals surface area contributed by atoms with Gasteiger partial charge in [-0.15, -0.1) is 5.10 Å².